The zero-order chi connectivity index (χ0) is 14.6. The van der Waals surface area contributed by atoms with Gasteiger partial charge in [0.15, 0.2) is 0 Å². The largest absolute Gasteiger partial charge is 0.338 e. The molecule has 1 aromatic heterocycles. The molecule has 1 heterocycles. The van der Waals surface area contributed by atoms with Gasteiger partial charge in [-0.05, 0) is 26.3 Å². The lowest BCUT2D eigenvalue weighted by Gasteiger charge is -2.25. The molecular formula is C17H25N3. The lowest BCUT2D eigenvalue weighted by atomic mass is 9.94. The summed E-state index contributed by atoms with van der Waals surface area (Å²) in [7, 11) is 2.06. The molecular weight excluding hydrogens is 246 g/mol. The van der Waals surface area contributed by atoms with Crippen molar-refractivity contribution in [3.8, 4) is 0 Å². The first-order valence-corrected chi connectivity index (χ1v) is 7.22. The molecule has 3 heteroatoms. The van der Waals surface area contributed by atoms with Crippen molar-refractivity contribution >= 4 is 0 Å². The Kier molecular flexibility index (Phi) is 4.61. The second kappa shape index (κ2) is 6.23. The number of rotatable bonds is 5. The predicted molar refractivity (Wildman–Crippen MR) is 83.9 cm³/mol. The van der Waals surface area contributed by atoms with Gasteiger partial charge in [0.2, 0.25) is 0 Å². The lowest BCUT2D eigenvalue weighted by Crippen LogP contribution is -2.39. The van der Waals surface area contributed by atoms with Crippen molar-refractivity contribution in [2.75, 3.05) is 6.54 Å². The van der Waals surface area contributed by atoms with E-state index in [-0.39, 0.29) is 5.54 Å². The molecule has 0 saturated heterocycles. The van der Waals surface area contributed by atoms with E-state index in [2.05, 4.69) is 73.0 Å². The third-order valence-electron chi connectivity index (χ3n) is 3.50. The monoisotopic (exact) mass is 271 g/mol. The summed E-state index contributed by atoms with van der Waals surface area (Å²) >= 11 is 0. The Balaban J connectivity index is 2.14. The van der Waals surface area contributed by atoms with Crippen molar-refractivity contribution in [2.24, 2.45) is 7.05 Å². The molecule has 1 aromatic carbocycles. The van der Waals surface area contributed by atoms with Gasteiger partial charge >= 0.3 is 0 Å². The van der Waals surface area contributed by atoms with Gasteiger partial charge in [-0.2, -0.15) is 0 Å². The fourth-order valence-electron chi connectivity index (χ4n) is 2.28. The van der Waals surface area contributed by atoms with E-state index in [1.165, 1.54) is 5.56 Å². The van der Waals surface area contributed by atoms with E-state index in [1.54, 1.807) is 0 Å². The van der Waals surface area contributed by atoms with E-state index in [0.717, 1.165) is 18.8 Å². The first kappa shape index (κ1) is 14.8. The minimum absolute atomic E-state index is 0.134. The minimum Gasteiger partial charge on any atom is -0.338 e. The molecule has 0 amide bonds. The molecule has 0 bridgehead atoms. The number of aromatic nitrogens is 2. The summed E-state index contributed by atoms with van der Waals surface area (Å²) in [6.07, 6.45) is 4.83. The summed E-state index contributed by atoms with van der Waals surface area (Å²) in [6, 6.07) is 10.7. The van der Waals surface area contributed by atoms with E-state index >= 15 is 0 Å². The van der Waals surface area contributed by atoms with Crippen LogP contribution in [0, 0.1) is 0 Å². The maximum atomic E-state index is 4.46. The zero-order valence-electron chi connectivity index (χ0n) is 12.9. The Morgan fingerprint density at radius 3 is 2.45 bits per heavy atom. The molecule has 0 aliphatic heterocycles. The van der Waals surface area contributed by atoms with Crippen molar-refractivity contribution in [3.05, 3.63) is 54.1 Å². The van der Waals surface area contributed by atoms with Crippen LogP contribution in [0.2, 0.25) is 0 Å². The van der Waals surface area contributed by atoms with Gasteiger partial charge in [0.05, 0.1) is 0 Å². The number of nitrogens with zero attached hydrogens (tertiary/aromatic N) is 2. The number of benzene rings is 1. The first-order chi connectivity index (χ1) is 9.46. The molecule has 3 nitrogen and oxygen atoms in total. The molecule has 0 aliphatic carbocycles. The van der Waals surface area contributed by atoms with Crippen molar-refractivity contribution in [1.29, 1.82) is 0 Å². The summed E-state index contributed by atoms with van der Waals surface area (Å²) in [5.74, 6) is 1.58. The smallest absolute Gasteiger partial charge is 0.109 e. The predicted octanol–water partition coefficient (Wildman–Crippen LogP) is 3.13. The maximum absolute atomic E-state index is 4.46. The van der Waals surface area contributed by atoms with Crippen LogP contribution in [0.4, 0.5) is 0 Å². The highest BCUT2D eigenvalue weighted by molar-refractivity contribution is 5.21. The number of hydrogen-bond donors (Lipinski definition) is 1. The Bertz CT molecular complexity index is 523. The van der Waals surface area contributed by atoms with Crippen molar-refractivity contribution < 1.29 is 0 Å². The molecule has 1 unspecified atom stereocenters. The van der Waals surface area contributed by atoms with E-state index in [1.807, 2.05) is 12.4 Å². The van der Waals surface area contributed by atoms with Gasteiger partial charge in [0.25, 0.3) is 0 Å². The number of aryl methyl sites for hydroxylation is 1. The van der Waals surface area contributed by atoms with Crippen LogP contribution in [0.1, 0.15) is 38.1 Å². The number of hydrogen-bond acceptors (Lipinski definition) is 2. The standard InChI is InChI=1S/C17H25N3/c1-17(2,3)19-13-15(14-8-6-5-7-9-14)12-16-18-10-11-20(16)4/h5-11,15,19H,12-13H2,1-4H3. The van der Waals surface area contributed by atoms with Crippen LogP contribution >= 0.6 is 0 Å². The van der Waals surface area contributed by atoms with Crippen LogP contribution in [0.25, 0.3) is 0 Å². The molecule has 108 valence electrons. The fraction of sp³-hybridized carbons (Fsp3) is 0.471. The highest BCUT2D eigenvalue weighted by atomic mass is 15.0. The second-order valence-corrected chi connectivity index (χ2v) is 6.40. The molecule has 2 rings (SSSR count). The summed E-state index contributed by atoms with van der Waals surface area (Å²) in [6.45, 7) is 7.57. The fourth-order valence-corrected chi connectivity index (χ4v) is 2.28. The summed E-state index contributed by atoms with van der Waals surface area (Å²) in [5.41, 5.74) is 1.50. The molecule has 1 atom stereocenters. The Morgan fingerprint density at radius 1 is 1.20 bits per heavy atom. The topological polar surface area (TPSA) is 29.9 Å². The van der Waals surface area contributed by atoms with Gasteiger partial charge in [-0.3, -0.25) is 0 Å². The van der Waals surface area contributed by atoms with Gasteiger partial charge in [-0.15, -0.1) is 0 Å². The number of nitrogens with one attached hydrogen (secondary N) is 1. The van der Waals surface area contributed by atoms with Gasteiger partial charge in [0, 0.05) is 43.9 Å². The summed E-state index contributed by atoms with van der Waals surface area (Å²) in [4.78, 5) is 4.46. The molecule has 0 fully saturated rings. The Hall–Kier alpha value is -1.61. The zero-order valence-corrected chi connectivity index (χ0v) is 12.9. The Morgan fingerprint density at radius 2 is 1.90 bits per heavy atom. The van der Waals surface area contributed by atoms with Crippen LogP contribution in [-0.2, 0) is 13.5 Å². The summed E-state index contributed by atoms with van der Waals surface area (Å²) < 4.78 is 2.10. The van der Waals surface area contributed by atoms with Crippen molar-refractivity contribution in [1.82, 2.24) is 14.9 Å². The van der Waals surface area contributed by atoms with E-state index in [4.69, 9.17) is 0 Å². The van der Waals surface area contributed by atoms with Gasteiger partial charge in [-0.1, -0.05) is 30.3 Å². The van der Waals surface area contributed by atoms with Crippen LogP contribution in [0.5, 0.6) is 0 Å². The molecule has 0 aliphatic rings. The van der Waals surface area contributed by atoms with Crippen LogP contribution in [0.15, 0.2) is 42.7 Å². The average Bonchev–Trinajstić information content (AvgIpc) is 2.80. The molecule has 0 saturated carbocycles. The van der Waals surface area contributed by atoms with Crippen LogP contribution in [0.3, 0.4) is 0 Å². The Labute approximate surface area is 122 Å². The molecule has 20 heavy (non-hydrogen) atoms. The molecule has 1 N–H and O–H groups in total. The van der Waals surface area contributed by atoms with E-state index in [0.29, 0.717) is 5.92 Å². The van der Waals surface area contributed by atoms with Gasteiger partial charge < -0.3 is 9.88 Å². The van der Waals surface area contributed by atoms with Crippen LogP contribution < -0.4 is 5.32 Å². The highest BCUT2D eigenvalue weighted by Crippen LogP contribution is 2.20. The van der Waals surface area contributed by atoms with Crippen molar-refractivity contribution in [3.63, 3.8) is 0 Å². The van der Waals surface area contributed by atoms with Crippen molar-refractivity contribution in [2.45, 2.75) is 38.6 Å². The van der Waals surface area contributed by atoms with E-state index < -0.39 is 0 Å². The summed E-state index contributed by atoms with van der Waals surface area (Å²) in [5, 5.41) is 3.62. The van der Waals surface area contributed by atoms with Gasteiger partial charge in [-0.25, -0.2) is 4.98 Å². The average molecular weight is 271 g/mol. The van der Waals surface area contributed by atoms with Crippen LogP contribution in [-0.4, -0.2) is 21.6 Å². The second-order valence-electron chi connectivity index (χ2n) is 6.40. The third-order valence-corrected chi connectivity index (χ3v) is 3.50. The third kappa shape index (κ3) is 4.20. The normalized spacial score (nSPS) is 13.4. The minimum atomic E-state index is 0.134. The molecule has 0 spiro atoms. The molecule has 0 radical (unpaired) electrons. The highest BCUT2D eigenvalue weighted by Gasteiger charge is 2.17. The lowest BCUT2D eigenvalue weighted by molar-refractivity contribution is 0.402. The van der Waals surface area contributed by atoms with E-state index in [9.17, 15) is 0 Å². The number of imidazole rings is 1. The maximum Gasteiger partial charge on any atom is 0.109 e. The first-order valence-electron chi connectivity index (χ1n) is 7.22. The molecule has 2 aromatic rings. The quantitative estimate of drug-likeness (QED) is 0.905. The van der Waals surface area contributed by atoms with Gasteiger partial charge in [0.1, 0.15) is 5.82 Å². The SMILES string of the molecule is Cn1ccnc1CC(CNC(C)(C)C)c1ccccc1.